The van der Waals surface area contributed by atoms with E-state index in [-0.39, 0.29) is 5.92 Å². The number of imidazole rings is 1. The third-order valence-corrected chi connectivity index (χ3v) is 3.54. The summed E-state index contributed by atoms with van der Waals surface area (Å²) in [5.41, 5.74) is -1.02. The van der Waals surface area contributed by atoms with Gasteiger partial charge in [-0.25, -0.2) is 9.78 Å². The summed E-state index contributed by atoms with van der Waals surface area (Å²) in [6, 6.07) is -0.815. The monoisotopic (exact) mass is 306 g/mol. The molecule has 1 fully saturated rings. The Kier molecular flexibility index (Phi) is 4.87. The third-order valence-electron chi connectivity index (χ3n) is 3.54. The first-order valence-electron chi connectivity index (χ1n) is 6.68. The Balaban J connectivity index is 2.15. The highest BCUT2D eigenvalue weighted by Gasteiger charge is 2.35. The number of methoxy groups -OCH3 is 1. The average molecular weight is 306 g/mol. The zero-order valence-corrected chi connectivity index (χ0v) is 11.6. The second kappa shape index (κ2) is 6.46. The summed E-state index contributed by atoms with van der Waals surface area (Å²) in [5, 5.41) is 0. The molecule has 0 amide bonds. The van der Waals surface area contributed by atoms with E-state index < -0.39 is 23.9 Å². The number of aromatic nitrogens is 2. The van der Waals surface area contributed by atoms with Gasteiger partial charge in [-0.2, -0.15) is 13.2 Å². The maximum Gasteiger partial charge on any atom is 0.434 e. The molecule has 1 aliphatic rings. The van der Waals surface area contributed by atoms with Crippen molar-refractivity contribution in [3.05, 3.63) is 18.2 Å². The molecule has 0 radical (unpaired) electrons. The molecule has 0 N–H and O–H groups in total. The van der Waals surface area contributed by atoms with Gasteiger partial charge in [-0.15, -0.1) is 0 Å². The lowest BCUT2D eigenvalue weighted by atomic mass is 9.94. The SMILES string of the molecule is COC(=O)C(CC1CCCOC1)n1cnc(C(F)(F)F)c1. The molecule has 1 saturated heterocycles. The van der Waals surface area contributed by atoms with E-state index in [0.29, 0.717) is 19.6 Å². The highest BCUT2D eigenvalue weighted by Crippen LogP contribution is 2.30. The summed E-state index contributed by atoms with van der Waals surface area (Å²) in [6.07, 6.45) is -0.524. The Morgan fingerprint density at radius 2 is 2.38 bits per heavy atom. The lowest BCUT2D eigenvalue weighted by Crippen LogP contribution is -2.26. The van der Waals surface area contributed by atoms with Gasteiger partial charge in [-0.05, 0) is 25.2 Å². The molecule has 1 aromatic rings. The summed E-state index contributed by atoms with van der Waals surface area (Å²) in [7, 11) is 1.22. The van der Waals surface area contributed by atoms with Crippen LogP contribution < -0.4 is 0 Å². The molecule has 2 heterocycles. The Labute approximate surface area is 120 Å². The standard InChI is InChI=1S/C13H17F3N2O3/c1-20-12(19)10(5-9-3-2-4-21-7-9)18-6-11(17-8-18)13(14,15)16/h6,8-10H,2-5,7H2,1H3. The maximum absolute atomic E-state index is 12.6. The van der Waals surface area contributed by atoms with E-state index >= 15 is 0 Å². The van der Waals surface area contributed by atoms with Crippen LogP contribution >= 0.6 is 0 Å². The number of carbonyl (C=O) groups excluding carboxylic acids is 1. The fraction of sp³-hybridized carbons (Fsp3) is 0.692. The predicted octanol–water partition coefficient (Wildman–Crippen LogP) is 2.43. The Morgan fingerprint density at radius 3 is 2.90 bits per heavy atom. The van der Waals surface area contributed by atoms with Gasteiger partial charge in [0.05, 0.1) is 13.4 Å². The number of carbonyl (C=O) groups is 1. The van der Waals surface area contributed by atoms with Crippen molar-refractivity contribution < 1.29 is 27.4 Å². The smallest absolute Gasteiger partial charge is 0.434 e. The van der Waals surface area contributed by atoms with Crippen molar-refractivity contribution in [3.8, 4) is 0 Å². The molecule has 2 atom stereocenters. The van der Waals surface area contributed by atoms with E-state index in [1.807, 2.05) is 0 Å². The first-order chi connectivity index (χ1) is 9.91. The fourth-order valence-electron chi connectivity index (χ4n) is 2.44. The second-order valence-electron chi connectivity index (χ2n) is 5.06. The van der Waals surface area contributed by atoms with Crippen LogP contribution in [0.5, 0.6) is 0 Å². The van der Waals surface area contributed by atoms with Crippen LogP contribution in [0.2, 0.25) is 0 Å². The molecule has 8 heteroatoms. The van der Waals surface area contributed by atoms with Crippen molar-refractivity contribution in [2.24, 2.45) is 5.92 Å². The number of ether oxygens (including phenoxy) is 2. The van der Waals surface area contributed by atoms with E-state index in [1.165, 1.54) is 11.7 Å². The Bertz CT molecular complexity index is 481. The minimum atomic E-state index is -4.53. The molecule has 0 aliphatic carbocycles. The van der Waals surface area contributed by atoms with Crippen molar-refractivity contribution in [2.45, 2.75) is 31.5 Å². The molecule has 1 aromatic heterocycles. The third kappa shape index (κ3) is 3.96. The van der Waals surface area contributed by atoms with Crippen molar-refractivity contribution >= 4 is 5.97 Å². The maximum atomic E-state index is 12.6. The Morgan fingerprint density at radius 1 is 1.62 bits per heavy atom. The highest BCUT2D eigenvalue weighted by molar-refractivity contribution is 5.74. The van der Waals surface area contributed by atoms with Gasteiger partial charge < -0.3 is 14.0 Å². The van der Waals surface area contributed by atoms with E-state index in [0.717, 1.165) is 25.4 Å². The second-order valence-corrected chi connectivity index (χ2v) is 5.06. The first kappa shape index (κ1) is 15.8. The molecule has 21 heavy (non-hydrogen) atoms. The van der Waals surface area contributed by atoms with Crippen LogP contribution in [0.25, 0.3) is 0 Å². The van der Waals surface area contributed by atoms with Gasteiger partial charge in [0.2, 0.25) is 0 Å². The van der Waals surface area contributed by atoms with Crippen LogP contribution in [0.1, 0.15) is 31.0 Å². The average Bonchev–Trinajstić information content (AvgIpc) is 2.94. The first-order valence-corrected chi connectivity index (χ1v) is 6.68. The molecular formula is C13H17F3N2O3. The number of alkyl halides is 3. The summed E-state index contributed by atoms with van der Waals surface area (Å²) < 4.78 is 49.0. The van der Waals surface area contributed by atoms with Crippen LogP contribution in [-0.2, 0) is 20.4 Å². The molecule has 0 spiro atoms. The van der Waals surface area contributed by atoms with Gasteiger partial charge in [0, 0.05) is 19.4 Å². The van der Waals surface area contributed by atoms with Crippen LogP contribution in [0.15, 0.2) is 12.5 Å². The summed E-state index contributed by atoms with van der Waals surface area (Å²) >= 11 is 0. The van der Waals surface area contributed by atoms with Gasteiger partial charge in [-0.3, -0.25) is 0 Å². The number of esters is 1. The quantitative estimate of drug-likeness (QED) is 0.802. The van der Waals surface area contributed by atoms with Crippen molar-refractivity contribution in [1.82, 2.24) is 9.55 Å². The highest BCUT2D eigenvalue weighted by atomic mass is 19.4. The van der Waals surface area contributed by atoms with Crippen LogP contribution in [0.4, 0.5) is 13.2 Å². The molecule has 0 saturated carbocycles. The Hall–Kier alpha value is -1.57. The van der Waals surface area contributed by atoms with Gasteiger partial charge in [0.15, 0.2) is 5.69 Å². The van der Waals surface area contributed by atoms with E-state index in [9.17, 15) is 18.0 Å². The number of hydrogen-bond donors (Lipinski definition) is 0. The molecule has 2 unspecified atom stereocenters. The van der Waals surface area contributed by atoms with Crippen molar-refractivity contribution in [2.75, 3.05) is 20.3 Å². The number of halogens is 3. The predicted molar refractivity (Wildman–Crippen MR) is 66.4 cm³/mol. The van der Waals surface area contributed by atoms with Crippen LogP contribution in [-0.4, -0.2) is 35.8 Å². The van der Waals surface area contributed by atoms with Gasteiger partial charge >= 0.3 is 12.1 Å². The van der Waals surface area contributed by atoms with E-state index in [2.05, 4.69) is 4.98 Å². The molecule has 0 aromatic carbocycles. The number of nitrogens with zero attached hydrogens (tertiary/aromatic N) is 2. The zero-order valence-electron chi connectivity index (χ0n) is 11.6. The molecule has 0 bridgehead atoms. The number of hydrogen-bond acceptors (Lipinski definition) is 4. The van der Waals surface area contributed by atoms with E-state index in [4.69, 9.17) is 9.47 Å². The van der Waals surface area contributed by atoms with Crippen LogP contribution in [0.3, 0.4) is 0 Å². The molecule has 118 valence electrons. The number of rotatable bonds is 4. The topological polar surface area (TPSA) is 53.4 Å². The van der Waals surface area contributed by atoms with Gasteiger partial charge in [0.25, 0.3) is 0 Å². The molecule has 5 nitrogen and oxygen atoms in total. The van der Waals surface area contributed by atoms with Crippen LogP contribution in [0, 0.1) is 5.92 Å². The lowest BCUT2D eigenvalue weighted by molar-refractivity contribution is -0.146. The van der Waals surface area contributed by atoms with Crippen molar-refractivity contribution in [1.29, 1.82) is 0 Å². The molecule has 2 rings (SSSR count). The lowest BCUT2D eigenvalue weighted by Gasteiger charge is -2.26. The minimum Gasteiger partial charge on any atom is -0.467 e. The molecule has 1 aliphatic heterocycles. The largest absolute Gasteiger partial charge is 0.467 e. The van der Waals surface area contributed by atoms with Crippen molar-refractivity contribution in [3.63, 3.8) is 0 Å². The van der Waals surface area contributed by atoms with E-state index in [1.54, 1.807) is 0 Å². The minimum absolute atomic E-state index is 0.125. The normalized spacial score (nSPS) is 21.0. The fourth-order valence-corrected chi connectivity index (χ4v) is 2.44. The molecular weight excluding hydrogens is 289 g/mol. The van der Waals surface area contributed by atoms with Gasteiger partial charge in [0.1, 0.15) is 6.04 Å². The summed E-state index contributed by atoms with van der Waals surface area (Å²) in [4.78, 5) is 15.2. The summed E-state index contributed by atoms with van der Waals surface area (Å²) in [5.74, 6) is -0.453. The summed E-state index contributed by atoms with van der Waals surface area (Å²) in [6.45, 7) is 1.19. The zero-order chi connectivity index (χ0) is 15.5. The van der Waals surface area contributed by atoms with Gasteiger partial charge in [-0.1, -0.05) is 0 Å².